The lowest BCUT2D eigenvalue weighted by molar-refractivity contribution is 0.193. The van der Waals surface area contributed by atoms with Gasteiger partial charge in [0, 0.05) is 24.3 Å². The maximum Gasteiger partial charge on any atom is 0.0429 e. The fourth-order valence-corrected chi connectivity index (χ4v) is 4.29. The summed E-state index contributed by atoms with van der Waals surface area (Å²) in [5, 5.41) is 3.83. The van der Waals surface area contributed by atoms with Gasteiger partial charge < -0.3 is 5.32 Å². The highest BCUT2D eigenvalue weighted by Crippen LogP contribution is 2.31. The third kappa shape index (κ3) is 2.16. The molecule has 2 fully saturated rings. The Labute approximate surface area is 116 Å². The maximum absolute atomic E-state index is 3.83. The molecule has 2 atom stereocenters. The number of nitrogens with one attached hydrogen (secondary N) is 1. The number of hydrogen-bond donors (Lipinski definition) is 1. The summed E-state index contributed by atoms with van der Waals surface area (Å²) in [6.07, 6.45) is 9.45. The minimum Gasteiger partial charge on any atom is -0.381 e. The van der Waals surface area contributed by atoms with E-state index < -0.39 is 0 Å². The molecule has 0 saturated carbocycles. The van der Waals surface area contributed by atoms with E-state index in [1.165, 1.54) is 63.7 Å². The van der Waals surface area contributed by atoms with E-state index in [1.54, 1.807) is 11.1 Å². The number of piperidine rings is 1. The van der Waals surface area contributed by atoms with E-state index in [9.17, 15) is 0 Å². The minimum absolute atomic E-state index is 0.680. The molecule has 2 aliphatic heterocycles. The first kappa shape index (κ1) is 11.8. The highest BCUT2D eigenvalue weighted by atomic mass is 15.2. The van der Waals surface area contributed by atoms with Crippen LogP contribution in [-0.4, -0.2) is 30.1 Å². The maximum atomic E-state index is 3.83. The monoisotopic (exact) mass is 256 g/mol. The Morgan fingerprint density at radius 2 is 1.89 bits per heavy atom. The quantitative estimate of drug-likeness (QED) is 0.874. The predicted octanol–water partition coefficient (Wildman–Crippen LogP) is 3.21. The van der Waals surface area contributed by atoms with Crippen molar-refractivity contribution >= 4 is 5.69 Å². The third-order valence-electron chi connectivity index (χ3n) is 5.31. The van der Waals surface area contributed by atoms with Gasteiger partial charge in [-0.3, -0.25) is 4.90 Å². The summed E-state index contributed by atoms with van der Waals surface area (Å²) < 4.78 is 0. The van der Waals surface area contributed by atoms with Crippen LogP contribution < -0.4 is 5.32 Å². The summed E-state index contributed by atoms with van der Waals surface area (Å²) in [5.74, 6) is 0. The molecule has 0 amide bonds. The van der Waals surface area contributed by atoms with Crippen LogP contribution in [0.4, 0.5) is 5.69 Å². The Kier molecular flexibility index (Phi) is 2.99. The smallest absolute Gasteiger partial charge is 0.0429 e. The number of benzene rings is 1. The number of nitrogens with zero attached hydrogens (tertiary/aromatic N) is 1. The van der Waals surface area contributed by atoms with Gasteiger partial charge in [-0.05, 0) is 68.3 Å². The number of anilines is 1. The third-order valence-corrected chi connectivity index (χ3v) is 5.31. The molecule has 2 nitrogen and oxygen atoms in total. The number of rotatable bonds is 2. The van der Waals surface area contributed by atoms with Gasteiger partial charge in [0.05, 0.1) is 0 Å². The van der Waals surface area contributed by atoms with Crippen molar-refractivity contribution in [2.24, 2.45) is 0 Å². The molecule has 1 aromatic carbocycles. The van der Waals surface area contributed by atoms with Gasteiger partial charge in [-0.15, -0.1) is 0 Å². The number of hydrogen-bond acceptors (Lipinski definition) is 2. The van der Waals surface area contributed by atoms with Gasteiger partial charge in [0.2, 0.25) is 0 Å². The Balaban J connectivity index is 1.49. The lowest BCUT2D eigenvalue weighted by Gasteiger charge is -2.33. The van der Waals surface area contributed by atoms with Gasteiger partial charge >= 0.3 is 0 Å². The van der Waals surface area contributed by atoms with Crippen LogP contribution in [0.2, 0.25) is 0 Å². The molecular weight excluding hydrogens is 232 g/mol. The molecule has 19 heavy (non-hydrogen) atoms. The molecule has 0 radical (unpaired) electrons. The lowest BCUT2D eigenvalue weighted by atomic mass is 9.98. The first-order valence-electron chi connectivity index (χ1n) is 8.02. The van der Waals surface area contributed by atoms with Crippen molar-refractivity contribution in [1.82, 2.24) is 4.90 Å². The lowest BCUT2D eigenvalue weighted by Crippen LogP contribution is -2.41. The molecule has 4 rings (SSSR count). The molecule has 2 unspecified atom stereocenters. The summed E-state index contributed by atoms with van der Waals surface area (Å²) >= 11 is 0. The second-order valence-electron chi connectivity index (χ2n) is 6.48. The second kappa shape index (κ2) is 4.82. The van der Waals surface area contributed by atoms with E-state index >= 15 is 0 Å². The molecule has 2 saturated heterocycles. The van der Waals surface area contributed by atoms with Gasteiger partial charge in [0.1, 0.15) is 0 Å². The predicted molar refractivity (Wildman–Crippen MR) is 79.7 cm³/mol. The van der Waals surface area contributed by atoms with Crippen LogP contribution in [0.15, 0.2) is 18.2 Å². The van der Waals surface area contributed by atoms with Crippen molar-refractivity contribution in [2.45, 2.75) is 57.0 Å². The minimum atomic E-state index is 0.680. The van der Waals surface area contributed by atoms with E-state index in [0.29, 0.717) is 6.04 Å². The number of aryl methyl sites for hydroxylation is 2. The van der Waals surface area contributed by atoms with Crippen molar-refractivity contribution in [3.63, 3.8) is 0 Å². The second-order valence-corrected chi connectivity index (χ2v) is 6.48. The van der Waals surface area contributed by atoms with Crippen LogP contribution in [0.3, 0.4) is 0 Å². The van der Waals surface area contributed by atoms with Crippen molar-refractivity contribution in [3.05, 3.63) is 29.3 Å². The van der Waals surface area contributed by atoms with Crippen LogP contribution in [-0.2, 0) is 12.8 Å². The molecular formula is C17H24N2. The SMILES string of the molecule is c1cc2c(cc1NC1CCN3CCCCC13)CCC2. The van der Waals surface area contributed by atoms with Gasteiger partial charge in [0.15, 0.2) is 0 Å². The summed E-state index contributed by atoms with van der Waals surface area (Å²) in [4.78, 5) is 2.70. The molecule has 102 valence electrons. The Morgan fingerprint density at radius 1 is 0.947 bits per heavy atom. The Hall–Kier alpha value is -1.02. The first-order valence-corrected chi connectivity index (χ1v) is 8.02. The standard InChI is InChI=1S/C17H24N2/c1-2-10-19-11-9-16(17(19)6-1)18-15-8-7-13-4-3-5-14(13)12-15/h7-8,12,16-18H,1-6,9-11H2. The molecule has 1 aromatic rings. The highest BCUT2D eigenvalue weighted by Gasteiger charge is 2.35. The average Bonchev–Trinajstić information content (AvgIpc) is 3.06. The van der Waals surface area contributed by atoms with Crippen LogP contribution in [0.25, 0.3) is 0 Å². The van der Waals surface area contributed by atoms with E-state index in [0.717, 1.165) is 6.04 Å². The van der Waals surface area contributed by atoms with E-state index in [1.807, 2.05) is 0 Å². The van der Waals surface area contributed by atoms with Crippen molar-refractivity contribution < 1.29 is 0 Å². The van der Waals surface area contributed by atoms with E-state index in [2.05, 4.69) is 28.4 Å². The molecule has 0 aromatic heterocycles. The molecule has 1 N–H and O–H groups in total. The number of fused-ring (bicyclic) bond motifs is 2. The van der Waals surface area contributed by atoms with Gasteiger partial charge in [0.25, 0.3) is 0 Å². The molecule has 2 heterocycles. The summed E-state index contributed by atoms with van der Waals surface area (Å²) in [7, 11) is 0. The van der Waals surface area contributed by atoms with Gasteiger partial charge in [-0.2, -0.15) is 0 Å². The molecule has 1 aliphatic carbocycles. The fourth-order valence-electron chi connectivity index (χ4n) is 4.29. The molecule has 3 aliphatic rings. The molecule has 2 heteroatoms. The fraction of sp³-hybridized carbons (Fsp3) is 0.647. The largest absolute Gasteiger partial charge is 0.381 e. The Bertz CT molecular complexity index is 468. The van der Waals surface area contributed by atoms with Crippen molar-refractivity contribution in [2.75, 3.05) is 18.4 Å². The zero-order valence-electron chi connectivity index (χ0n) is 11.7. The highest BCUT2D eigenvalue weighted by molar-refractivity contribution is 5.51. The zero-order valence-corrected chi connectivity index (χ0v) is 11.7. The molecule has 0 bridgehead atoms. The zero-order chi connectivity index (χ0) is 12.7. The Morgan fingerprint density at radius 3 is 2.89 bits per heavy atom. The summed E-state index contributed by atoms with van der Waals surface area (Å²) in [6, 6.07) is 8.53. The average molecular weight is 256 g/mol. The molecule has 0 spiro atoms. The van der Waals surface area contributed by atoms with Crippen LogP contribution in [0, 0.1) is 0 Å². The van der Waals surface area contributed by atoms with E-state index in [-0.39, 0.29) is 0 Å². The van der Waals surface area contributed by atoms with Crippen molar-refractivity contribution in [1.29, 1.82) is 0 Å². The van der Waals surface area contributed by atoms with Crippen LogP contribution >= 0.6 is 0 Å². The van der Waals surface area contributed by atoms with Gasteiger partial charge in [-0.1, -0.05) is 12.5 Å². The van der Waals surface area contributed by atoms with Crippen LogP contribution in [0.5, 0.6) is 0 Å². The van der Waals surface area contributed by atoms with Crippen LogP contribution in [0.1, 0.15) is 43.2 Å². The topological polar surface area (TPSA) is 15.3 Å². The van der Waals surface area contributed by atoms with Crippen molar-refractivity contribution in [3.8, 4) is 0 Å². The van der Waals surface area contributed by atoms with E-state index in [4.69, 9.17) is 0 Å². The first-order chi connectivity index (χ1) is 9.40. The van der Waals surface area contributed by atoms with Gasteiger partial charge in [-0.25, -0.2) is 0 Å². The summed E-state index contributed by atoms with van der Waals surface area (Å²) in [6.45, 7) is 2.63. The summed E-state index contributed by atoms with van der Waals surface area (Å²) in [5.41, 5.74) is 4.53. The normalized spacial score (nSPS) is 30.1.